The van der Waals surface area contributed by atoms with E-state index in [2.05, 4.69) is 39.7 Å². The van der Waals surface area contributed by atoms with Gasteiger partial charge < -0.3 is 14.4 Å². The van der Waals surface area contributed by atoms with E-state index < -0.39 is 0 Å². The van der Waals surface area contributed by atoms with Crippen LogP contribution in [0.3, 0.4) is 0 Å². The lowest BCUT2D eigenvalue weighted by molar-refractivity contribution is -0.115. The van der Waals surface area contributed by atoms with Crippen LogP contribution in [0.4, 0.5) is 5.82 Å². The van der Waals surface area contributed by atoms with Gasteiger partial charge in [-0.2, -0.15) is 4.98 Å². The van der Waals surface area contributed by atoms with Gasteiger partial charge in [0.1, 0.15) is 5.76 Å². The number of benzene rings is 1. The molecule has 0 radical (unpaired) electrons. The average Bonchev–Trinajstić information content (AvgIpc) is 3.28. The van der Waals surface area contributed by atoms with Gasteiger partial charge in [-0.3, -0.25) is 4.79 Å². The summed E-state index contributed by atoms with van der Waals surface area (Å²) in [6.45, 7) is 5.69. The number of amides is 1. The van der Waals surface area contributed by atoms with Crippen molar-refractivity contribution in [1.82, 2.24) is 15.3 Å². The van der Waals surface area contributed by atoms with E-state index in [1.807, 2.05) is 19.1 Å². The van der Waals surface area contributed by atoms with E-state index in [1.165, 1.54) is 17.3 Å². The Hall–Kier alpha value is -2.61. The van der Waals surface area contributed by atoms with Crippen molar-refractivity contribution in [3.8, 4) is 11.4 Å². The third-order valence-electron chi connectivity index (χ3n) is 3.79. The summed E-state index contributed by atoms with van der Waals surface area (Å²) in [5, 5.41) is 10.2. The highest BCUT2D eigenvalue weighted by molar-refractivity contribution is 7.99. The average molecular weight is 372 g/mol. The summed E-state index contributed by atoms with van der Waals surface area (Å²) in [5.74, 6) is 2.39. The molecule has 0 saturated heterocycles. The van der Waals surface area contributed by atoms with Crippen LogP contribution in [0, 0.1) is 6.92 Å². The number of nitrogens with one attached hydrogen (secondary N) is 1. The van der Waals surface area contributed by atoms with Crippen molar-refractivity contribution in [3.05, 3.63) is 47.5 Å². The van der Waals surface area contributed by atoms with Crippen molar-refractivity contribution < 1.29 is 13.8 Å². The maximum Gasteiger partial charge on any atom is 0.238 e. The predicted molar refractivity (Wildman–Crippen MR) is 99.7 cm³/mol. The number of hydrogen-bond acceptors (Lipinski definition) is 7. The highest BCUT2D eigenvalue weighted by atomic mass is 32.2. The molecule has 1 atom stereocenters. The number of anilines is 1. The lowest BCUT2D eigenvalue weighted by atomic mass is 10.1. The van der Waals surface area contributed by atoms with Crippen LogP contribution in [0.15, 0.2) is 39.4 Å². The minimum absolute atomic E-state index is 0.154. The van der Waals surface area contributed by atoms with Gasteiger partial charge in [-0.15, -0.1) is 11.8 Å². The Bertz CT molecular complexity index is 873. The molecular formula is C18H20N4O3S. The van der Waals surface area contributed by atoms with E-state index in [0.717, 1.165) is 12.0 Å². The monoisotopic (exact) mass is 372 g/mol. The van der Waals surface area contributed by atoms with Crippen molar-refractivity contribution in [2.75, 3.05) is 5.32 Å². The van der Waals surface area contributed by atoms with Crippen molar-refractivity contribution >= 4 is 23.5 Å². The molecule has 0 fully saturated rings. The maximum atomic E-state index is 12.1. The first-order valence-electron chi connectivity index (χ1n) is 8.33. The summed E-state index contributed by atoms with van der Waals surface area (Å²) in [7, 11) is 0. The third kappa shape index (κ3) is 4.51. The molecular weight excluding hydrogens is 352 g/mol. The highest BCUT2D eigenvalue weighted by Crippen LogP contribution is 2.21. The Morgan fingerprint density at radius 2 is 2.00 bits per heavy atom. The van der Waals surface area contributed by atoms with Crippen LogP contribution < -0.4 is 5.32 Å². The Kier molecular flexibility index (Phi) is 5.72. The van der Waals surface area contributed by atoms with E-state index in [4.69, 9.17) is 9.05 Å². The summed E-state index contributed by atoms with van der Waals surface area (Å²) in [4.78, 5) is 16.5. The van der Waals surface area contributed by atoms with Gasteiger partial charge in [0.05, 0.1) is 11.0 Å². The molecule has 0 aliphatic heterocycles. The van der Waals surface area contributed by atoms with Gasteiger partial charge in [0.2, 0.25) is 17.6 Å². The van der Waals surface area contributed by atoms with Gasteiger partial charge in [-0.25, -0.2) is 0 Å². The number of rotatable bonds is 7. The van der Waals surface area contributed by atoms with E-state index in [0.29, 0.717) is 29.0 Å². The molecule has 26 heavy (non-hydrogen) atoms. The highest BCUT2D eigenvalue weighted by Gasteiger charge is 2.17. The molecule has 0 saturated carbocycles. The van der Waals surface area contributed by atoms with E-state index in [1.54, 1.807) is 13.0 Å². The molecule has 0 spiro atoms. The fourth-order valence-electron chi connectivity index (χ4n) is 2.25. The van der Waals surface area contributed by atoms with Crippen LogP contribution in [0.2, 0.25) is 0 Å². The Balaban J connectivity index is 1.54. The zero-order valence-corrected chi connectivity index (χ0v) is 15.7. The Morgan fingerprint density at radius 3 is 2.65 bits per heavy atom. The lowest BCUT2D eigenvalue weighted by Crippen LogP contribution is -2.22. The zero-order valence-electron chi connectivity index (χ0n) is 14.9. The van der Waals surface area contributed by atoms with Crippen molar-refractivity contribution in [2.24, 2.45) is 0 Å². The molecule has 2 aromatic heterocycles. The van der Waals surface area contributed by atoms with Crippen molar-refractivity contribution in [2.45, 2.75) is 38.2 Å². The van der Waals surface area contributed by atoms with Gasteiger partial charge in [0, 0.05) is 11.6 Å². The third-order valence-corrected chi connectivity index (χ3v) is 4.92. The summed E-state index contributed by atoms with van der Waals surface area (Å²) in [6, 6.07) is 9.74. The number of nitrogens with zero attached hydrogens (tertiary/aromatic N) is 3. The van der Waals surface area contributed by atoms with Gasteiger partial charge in [-0.05, 0) is 25.8 Å². The van der Waals surface area contributed by atoms with Crippen LogP contribution in [0.25, 0.3) is 11.4 Å². The SMILES string of the molecule is CCc1ccc(-c2noc(CSC(C)C(=O)Nc3cc(C)on3)n2)cc1. The number of carbonyl (C=O) groups excluding carboxylic acids is 1. The van der Waals surface area contributed by atoms with Gasteiger partial charge in [0.15, 0.2) is 5.82 Å². The normalized spacial score (nSPS) is 12.1. The smallest absolute Gasteiger partial charge is 0.238 e. The Morgan fingerprint density at radius 1 is 1.23 bits per heavy atom. The second-order valence-electron chi connectivity index (χ2n) is 5.83. The summed E-state index contributed by atoms with van der Waals surface area (Å²) >= 11 is 1.41. The van der Waals surface area contributed by atoms with E-state index >= 15 is 0 Å². The van der Waals surface area contributed by atoms with Crippen molar-refractivity contribution in [1.29, 1.82) is 0 Å². The number of aryl methyl sites for hydroxylation is 2. The van der Waals surface area contributed by atoms with Crippen molar-refractivity contribution in [3.63, 3.8) is 0 Å². The standard InChI is InChI=1S/C18H20N4O3S/c1-4-13-5-7-14(8-6-13)17-20-16(25-22-17)10-26-12(3)18(23)19-15-9-11(2)24-21-15/h5-9,12H,4,10H2,1-3H3,(H,19,21,23). The molecule has 0 aliphatic rings. The number of aromatic nitrogens is 3. The fraction of sp³-hybridized carbons (Fsp3) is 0.333. The molecule has 0 aliphatic carbocycles. The van der Waals surface area contributed by atoms with Gasteiger partial charge in [-0.1, -0.05) is 41.5 Å². The second-order valence-corrected chi connectivity index (χ2v) is 7.16. The summed E-state index contributed by atoms with van der Waals surface area (Å²) in [6.07, 6.45) is 0.988. The largest absolute Gasteiger partial charge is 0.360 e. The number of carbonyl (C=O) groups is 1. The minimum atomic E-state index is -0.300. The number of hydrogen-bond donors (Lipinski definition) is 1. The minimum Gasteiger partial charge on any atom is -0.360 e. The molecule has 1 N–H and O–H groups in total. The topological polar surface area (TPSA) is 94.1 Å². The molecule has 3 aromatic rings. The second kappa shape index (κ2) is 8.18. The van der Waals surface area contributed by atoms with Crippen LogP contribution >= 0.6 is 11.8 Å². The lowest BCUT2D eigenvalue weighted by Gasteiger charge is -2.08. The first kappa shape index (κ1) is 18.2. The van der Waals surface area contributed by atoms with Gasteiger partial charge in [0.25, 0.3) is 0 Å². The molecule has 3 rings (SSSR count). The Labute approximate surface area is 155 Å². The molecule has 2 heterocycles. The van der Waals surface area contributed by atoms with Crippen LogP contribution in [0.1, 0.15) is 31.1 Å². The first-order valence-corrected chi connectivity index (χ1v) is 9.37. The molecule has 0 bridgehead atoms. The van der Waals surface area contributed by atoms with E-state index in [9.17, 15) is 4.79 Å². The molecule has 1 aromatic carbocycles. The molecule has 8 heteroatoms. The van der Waals surface area contributed by atoms with Crippen LogP contribution in [-0.4, -0.2) is 26.5 Å². The van der Waals surface area contributed by atoms with E-state index in [-0.39, 0.29) is 11.2 Å². The molecule has 136 valence electrons. The molecule has 7 nitrogen and oxygen atoms in total. The first-order chi connectivity index (χ1) is 12.5. The molecule has 1 amide bonds. The summed E-state index contributed by atoms with van der Waals surface area (Å²) in [5.41, 5.74) is 2.17. The molecule has 1 unspecified atom stereocenters. The fourth-order valence-corrected chi connectivity index (χ4v) is 2.97. The maximum absolute atomic E-state index is 12.1. The summed E-state index contributed by atoms with van der Waals surface area (Å²) < 4.78 is 10.2. The quantitative estimate of drug-likeness (QED) is 0.673. The predicted octanol–water partition coefficient (Wildman–Crippen LogP) is 3.86. The number of thioether (sulfide) groups is 1. The van der Waals surface area contributed by atoms with Gasteiger partial charge >= 0.3 is 0 Å². The zero-order chi connectivity index (χ0) is 18.5. The van der Waals surface area contributed by atoms with Crippen LogP contribution in [-0.2, 0) is 17.0 Å². The van der Waals surface area contributed by atoms with Crippen LogP contribution in [0.5, 0.6) is 0 Å².